The van der Waals surface area contributed by atoms with Gasteiger partial charge in [-0.25, -0.2) is 4.79 Å². The Balaban J connectivity index is 2.99. The molecule has 0 radical (unpaired) electrons. The number of urea groups is 1. The van der Waals surface area contributed by atoms with Crippen molar-refractivity contribution >= 4 is 17.8 Å². The zero-order chi connectivity index (χ0) is 11.8. The Morgan fingerprint density at radius 2 is 1.67 bits per heavy atom. The first-order valence-corrected chi connectivity index (χ1v) is 4.85. The first-order chi connectivity index (χ1) is 6.72. The van der Waals surface area contributed by atoms with Gasteiger partial charge in [-0.3, -0.25) is 19.6 Å². The number of hydrogen-bond donors (Lipinski definition) is 0. The van der Waals surface area contributed by atoms with Crippen LogP contribution >= 0.6 is 0 Å². The van der Waals surface area contributed by atoms with E-state index in [9.17, 15) is 9.59 Å². The highest BCUT2D eigenvalue weighted by atomic mass is 16.2. The van der Waals surface area contributed by atoms with Crippen LogP contribution in [0.15, 0.2) is 4.99 Å². The highest BCUT2D eigenvalue weighted by Crippen LogP contribution is 2.14. The molecule has 3 amide bonds. The minimum atomic E-state index is -0.325. The number of carbonyl (C=O) groups excluding carboxylic acids is 2. The van der Waals surface area contributed by atoms with Crippen molar-refractivity contribution in [3.63, 3.8) is 0 Å². The monoisotopic (exact) mass is 211 g/mol. The van der Waals surface area contributed by atoms with E-state index in [1.54, 1.807) is 7.05 Å². The summed E-state index contributed by atoms with van der Waals surface area (Å²) < 4.78 is 0. The molecule has 1 aliphatic rings. The van der Waals surface area contributed by atoms with Crippen LogP contribution in [-0.4, -0.2) is 47.2 Å². The highest BCUT2D eigenvalue weighted by molar-refractivity contribution is 6.15. The average molecular weight is 211 g/mol. The van der Waals surface area contributed by atoms with Crippen LogP contribution in [0.4, 0.5) is 4.79 Å². The fraction of sp³-hybridized carbons (Fsp3) is 0.700. The van der Waals surface area contributed by atoms with Crippen molar-refractivity contribution in [3.8, 4) is 0 Å². The van der Waals surface area contributed by atoms with Gasteiger partial charge < -0.3 is 0 Å². The van der Waals surface area contributed by atoms with E-state index in [4.69, 9.17) is 0 Å². The topological polar surface area (TPSA) is 53.0 Å². The molecule has 0 aromatic carbocycles. The third-order valence-corrected chi connectivity index (χ3v) is 2.11. The summed E-state index contributed by atoms with van der Waals surface area (Å²) in [7, 11) is 3.12. The Kier molecular flexibility index (Phi) is 2.83. The van der Waals surface area contributed by atoms with Gasteiger partial charge in [-0.1, -0.05) is 0 Å². The molecule has 15 heavy (non-hydrogen) atoms. The molecular formula is C10H17N3O2. The molecule has 5 heteroatoms. The van der Waals surface area contributed by atoms with Gasteiger partial charge in [0, 0.05) is 14.1 Å². The largest absolute Gasteiger partial charge is 0.331 e. The van der Waals surface area contributed by atoms with Crippen LogP contribution in [0.25, 0.3) is 0 Å². The van der Waals surface area contributed by atoms with Gasteiger partial charge in [0.15, 0.2) is 0 Å². The van der Waals surface area contributed by atoms with Crippen LogP contribution < -0.4 is 0 Å². The molecule has 1 heterocycles. The van der Waals surface area contributed by atoms with Crippen LogP contribution in [0.2, 0.25) is 0 Å². The summed E-state index contributed by atoms with van der Waals surface area (Å²) in [6, 6.07) is -0.325. The molecule has 1 rings (SSSR count). The van der Waals surface area contributed by atoms with Gasteiger partial charge >= 0.3 is 6.03 Å². The van der Waals surface area contributed by atoms with Crippen LogP contribution in [0.3, 0.4) is 0 Å². The summed E-state index contributed by atoms with van der Waals surface area (Å²) in [5, 5.41) is 0. The van der Waals surface area contributed by atoms with Crippen molar-refractivity contribution < 1.29 is 9.59 Å². The van der Waals surface area contributed by atoms with Gasteiger partial charge in [-0.2, -0.15) is 0 Å². The number of carbonyl (C=O) groups is 2. The number of amides is 3. The maximum absolute atomic E-state index is 11.6. The first kappa shape index (κ1) is 11.7. The van der Waals surface area contributed by atoms with Crippen LogP contribution in [-0.2, 0) is 4.79 Å². The second kappa shape index (κ2) is 3.64. The van der Waals surface area contributed by atoms with E-state index in [0.717, 1.165) is 4.90 Å². The van der Waals surface area contributed by atoms with E-state index >= 15 is 0 Å². The molecule has 1 aliphatic heterocycles. The van der Waals surface area contributed by atoms with Gasteiger partial charge in [-0.05, 0) is 20.8 Å². The fourth-order valence-electron chi connectivity index (χ4n) is 1.32. The molecule has 0 bridgehead atoms. The maximum atomic E-state index is 11.6. The number of hydrogen-bond acceptors (Lipinski definition) is 3. The van der Waals surface area contributed by atoms with Crippen molar-refractivity contribution in [2.45, 2.75) is 32.7 Å². The molecule has 1 saturated heterocycles. The van der Waals surface area contributed by atoms with Crippen LogP contribution in [0, 0.1) is 0 Å². The minimum Gasteiger partial charge on any atom is -0.285 e. The first-order valence-electron chi connectivity index (χ1n) is 4.85. The third-order valence-electron chi connectivity index (χ3n) is 2.11. The number of amidine groups is 1. The van der Waals surface area contributed by atoms with Gasteiger partial charge in [-0.15, -0.1) is 0 Å². The Morgan fingerprint density at radius 3 is 2.13 bits per heavy atom. The Hall–Kier alpha value is -1.39. The van der Waals surface area contributed by atoms with Crippen molar-refractivity contribution in [2.24, 2.45) is 4.99 Å². The van der Waals surface area contributed by atoms with E-state index in [0.29, 0.717) is 5.84 Å². The molecule has 0 aromatic rings. The summed E-state index contributed by atoms with van der Waals surface area (Å²) in [5.41, 5.74) is -0.278. The lowest BCUT2D eigenvalue weighted by molar-refractivity contribution is -0.127. The third kappa shape index (κ3) is 2.55. The molecule has 0 atom stereocenters. The molecule has 5 nitrogen and oxygen atoms in total. The van der Waals surface area contributed by atoms with E-state index in [2.05, 4.69) is 4.99 Å². The van der Waals surface area contributed by atoms with Gasteiger partial charge in [0.25, 0.3) is 0 Å². The lowest BCUT2D eigenvalue weighted by Crippen LogP contribution is -2.52. The smallest absolute Gasteiger partial charge is 0.285 e. The molecule has 0 N–H and O–H groups in total. The second-order valence-corrected chi connectivity index (χ2v) is 4.67. The Morgan fingerprint density at radius 1 is 1.13 bits per heavy atom. The molecule has 0 aliphatic carbocycles. The molecule has 0 saturated carbocycles. The Bertz CT molecular complexity index is 328. The van der Waals surface area contributed by atoms with Gasteiger partial charge in [0.1, 0.15) is 5.84 Å². The lowest BCUT2D eigenvalue weighted by Gasteiger charge is -2.31. The Labute approximate surface area is 89.8 Å². The van der Waals surface area contributed by atoms with Crippen LogP contribution in [0.1, 0.15) is 27.2 Å². The molecule has 84 valence electrons. The molecule has 0 spiro atoms. The van der Waals surface area contributed by atoms with E-state index in [-0.39, 0.29) is 23.9 Å². The van der Waals surface area contributed by atoms with Crippen molar-refractivity contribution in [2.75, 3.05) is 14.1 Å². The van der Waals surface area contributed by atoms with Crippen molar-refractivity contribution in [1.29, 1.82) is 0 Å². The normalized spacial score (nSPS) is 21.5. The molecular weight excluding hydrogens is 194 g/mol. The quantitative estimate of drug-likeness (QED) is 0.602. The maximum Gasteiger partial charge on any atom is 0.331 e. The summed E-state index contributed by atoms with van der Waals surface area (Å²) in [6.07, 6.45) is 0.190. The highest BCUT2D eigenvalue weighted by Gasteiger charge is 2.32. The number of rotatable bonds is 0. The summed E-state index contributed by atoms with van der Waals surface area (Å²) in [5.74, 6) is 0.330. The predicted molar refractivity (Wildman–Crippen MR) is 57.7 cm³/mol. The van der Waals surface area contributed by atoms with Gasteiger partial charge in [0.2, 0.25) is 5.91 Å². The van der Waals surface area contributed by atoms with Crippen molar-refractivity contribution in [3.05, 3.63) is 0 Å². The molecule has 0 aromatic heterocycles. The van der Waals surface area contributed by atoms with E-state index in [1.807, 2.05) is 20.8 Å². The second-order valence-electron chi connectivity index (χ2n) is 4.67. The number of aliphatic imine (C=N–C) groups is 1. The predicted octanol–water partition coefficient (Wildman–Crippen LogP) is 1.10. The fourth-order valence-corrected chi connectivity index (χ4v) is 1.32. The van der Waals surface area contributed by atoms with E-state index in [1.165, 1.54) is 11.9 Å². The van der Waals surface area contributed by atoms with Crippen molar-refractivity contribution in [1.82, 2.24) is 9.80 Å². The number of imide groups is 1. The van der Waals surface area contributed by atoms with Crippen LogP contribution in [0.5, 0.6) is 0 Å². The van der Waals surface area contributed by atoms with Gasteiger partial charge in [0.05, 0.1) is 12.0 Å². The SMILES string of the molecule is CN1C(=O)CC(=NC(C)(C)C)N(C)C1=O. The summed E-state index contributed by atoms with van der Waals surface area (Å²) in [6.45, 7) is 5.79. The minimum absolute atomic E-state index is 0.190. The number of nitrogens with zero attached hydrogens (tertiary/aromatic N) is 3. The molecule has 0 unspecified atom stereocenters. The molecule has 1 fully saturated rings. The standard InChI is InChI=1S/C10H17N3O2/c1-10(2,3)11-7-6-8(14)13(5)9(15)12(7)4/h6H2,1-5H3. The lowest BCUT2D eigenvalue weighted by atomic mass is 10.1. The zero-order valence-corrected chi connectivity index (χ0v) is 9.87. The average Bonchev–Trinajstić information content (AvgIpc) is 2.08. The van der Waals surface area contributed by atoms with E-state index < -0.39 is 0 Å². The summed E-state index contributed by atoms with van der Waals surface area (Å²) in [4.78, 5) is 29.9. The summed E-state index contributed by atoms with van der Waals surface area (Å²) >= 11 is 0. The zero-order valence-electron chi connectivity index (χ0n) is 9.87.